The molecule has 0 aliphatic rings. The standard InChI is InChI=1S/C43H83NO4/c1-3-5-7-9-11-13-15-16-17-18-19-20-21-22-23-24-25-26-27-28-29-31-33-35-37-41(46)43(48)40(39-45)44-42(47)38-36-34-32-30-14-12-10-8-6-4-2/h25-26,29,31,40-41,43,45-46,48H,3-24,27-28,30,32-39H2,1-2H3,(H,44,47)/b26-25+,31-29+. The molecule has 0 spiro atoms. The molecule has 3 unspecified atom stereocenters. The van der Waals surface area contributed by atoms with E-state index in [9.17, 15) is 20.1 Å². The smallest absolute Gasteiger partial charge is 0.220 e. The molecule has 48 heavy (non-hydrogen) atoms. The number of aliphatic hydroxyl groups excluding tert-OH is 3. The van der Waals surface area contributed by atoms with Crippen molar-refractivity contribution in [1.29, 1.82) is 0 Å². The van der Waals surface area contributed by atoms with Crippen molar-refractivity contribution in [2.45, 2.75) is 238 Å². The Labute approximate surface area is 299 Å². The number of unbranched alkanes of at least 4 members (excludes halogenated alkanes) is 26. The lowest BCUT2D eigenvalue weighted by atomic mass is 10.0. The largest absolute Gasteiger partial charge is 0.394 e. The fourth-order valence-electron chi connectivity index (χ4n) is 6.47. The third kappa shape index (κ3) is 33.3. The number of amides is 1. The summed E-state index contributed by atoms with van der Waals surface area (Å²) in [4.78, 5) is 12.3. The van der Waals surface area contributed by atoms with Gasteiger partial charge in [0.2, 0.25) is 5.91 Å². The molecule has 0 aromatic heterocycles. The quantitative estimate of drug-likeness (QED) is 0.0387. The van der Waals surface area contributed by atoms with Gasteiger partial charge in [-0.05, 0) is 51.4 Å². The minimum Gasteiger partial charge on any atom is -0.394 e. The maximum absolute atomic E-state index is 12.3. The van der Waals surface area contributed by atoms with Crippen molar-refractivity contribution >= 4 is 5.91 Å². The monoisotopic (exact) mass is 678 g/mol. The molecule has 0 rings (SSSR count). The third-order valence-corrected chi connectivity index (χ3v) is 9.79. The first-order valence-corrected chi connectivity index (χ1v) is 21.1. The molecule has 0 fully saturated rings. The van der Waals surface area contributed by atoms with Gasteiger partial charge < -0.3 is 20.6 Å². The predicted molar refractivity (Wildman–Crippen MR) is 208 cm³/mol. The van der Waals surface area contributed by atoms with Crippen molar-refractivity contribution in [2.75, 3.05) is 6.61 Å². The van der Waals surface area contributed by atoms with E-state index in [0.29, 0.717) is 12.8 Å². The molecule has 0 aliphatic heterocycles. The molecular weight excluding hydrogens is 594 g/mol. The normalized spacial score (nSPS) is 13.9. The molecule has 3 atom stereocenters. The maximum atomic E-state index is 12.3. The van der Waals surface area contributed by atoms with Crippen LogP contribution in [-0.2, 0) is 4.79 Å². The van der Waals surface area contributed by atoms with Gasteiger partial charge in [0.05, 0.1) is 18.8 Å². The number of rotatable bonds is 38. The Hall–Kier alpha value is -1.17. The van der Waals surface area contributed by atoms with Gasteiger partial charge >= 0.3 is 0 Å². The Morgan fingerprint density at radius 2 is 0.854 bits per heavy atom. The molecule has 5 heteroatoms. The van der Waals surface area contributed by atoms with E-state index in [1.807, 2.05) is 0 Å². The summed E-state index contributed by atoms with van der Waals surface area (Å²) in [6.45, 7) is 4.15. The first kappa shape index (κ1) is 46.8. The molecule has 284 valence electrons. The van der Waals surface area contributed by atoms with Crippen LogP contribution in [-0.4, -0.2) is 46.1 Å². The van der Waals surface area contributed by atoms with Gasteiger partial charge in [-0.1, -0.05) is 186 Å². The van der Waals surface area contributed by atoms with E-state index in [1.54, 1.807) is 0 Å². The summed E-state index contributed by atoms with van der Waals surface area (Å²) in [6.07, 6.45) is 45.8. The Balaban J connectivity index is 3.65. The van der Waals surface area contributed by atoms with Crippen LogP contribution in [0, 0.1) is 0 Å². The van der Waals surface area contributed by atoms with Crippen molar-refractivity contribution in [2.24, 2.45) is 0 Å². The van der Waals surface area contributed by atoms with Crippen LogP contribution in [0.2, 0.25) is 0 Å². The first-order chi connectivity index (χ1) is 23.6. The van der Waals surface area contributed by atoms with Crippen LogP contribution in [0.4, 0.5) is 0 Å². The molecule has 0 radical (unpaired) electrons. The van der Waals surface area contributed by atoms with Gasteiger partial charge in [0.15, 0.2) is 0 Å². The van der Waals surface area contributed by atoms with E-state index in [4.69, 9.17) is 0 Å². The van der Waals surface area contributed by atoms with Gasteiger partial charge in [0.1, 0.15) is 6.10 Å². The minimum absolute atomic E-state index is 0.160. The number of carbonyl (C=O) groups is 1. The van der Waals surface area contributed by atoms with Crippen LogP contribution in [0.1, 0.15) is 219 Å². The minimum atomic E-state index is -1.16. The van der Waals surface area contributed by atoms with E-state index >= 15 is 0 Å². The Kier molecular flexibility index (Phi) is 37.7. The van der Waals surface area contributed by atoms with E-state index < -0.39 is 18.2 Å². The number of carbonyl (C=O) groups excluding carboxylic acids is 1. The van der Waals surface area contributed by atoms with Crippen molar-refractivity contribution in [3.05, 3.63) is 24.3 Å². The Morgan fingerprint density at radius 3 is 1.27 bits per heavy atom. The van der Waals surface area contributed by atoms with Crippen LogP contribution in [0.3, 0.4) is 0 Å². The van der Waals surface area contributed by atoms with E-state index in [-0.39, 0.29) is 12.5 Å². The average molecular weight is 678 g/mol. The third-order valence-electron chi connectivity index (χ3n) is 9.79. The molecule has 0 heterocycles. The van der Waals surface area contributed by atoms with Crippen molar-refractivity contribution in [1.82, 2.24) is 5.32 Å². The second-order valence-corrected chi connectivity index (χ2v) is 14.5. The molecule has 0 aromatic carbocycles. The number of allylic oxidation sites excluding steroid dienone is 4. The highest BCUT2D eigenvalue weighted by molar-refractivity contribution is 5.76. The fourth-order valence-corrected chi connectivity index (χ4v) is 6.47. The predicted octanol–water partition coefficient (Wildman–Crippen LogP) is 11.8. The number of aliphatic hydroxyl groups is 3. The summed E-state index contributed by atoms with van der Waals surface area (Å²) in [6, 6.07) is -0.827. The van der Waals surface area contributed by atoms with Gasteiger partial charge in [-0.3, -0.25) is 4.79 Å². The highest BCUT2D eigenvalue weighted by Gasteiger charge is 2.26. The highest BCUT2D eigenvalue weighted by atomic mass is 16.3. The van der Waals surface area contributed by atoms with Crippen molar-refractivity contribution in [3.63, 3.8) is 0 Å². The SMILES string of the molecule is CCCCCCCCCCCCCCCCC/C=C/CC/C=C/CCCC(O)C(O)C(CO)NC(=O)CCCCCCCCCCCC. The second-order valence-electron chi connectivity index (χ2n) is 14.5. The van der Waals surface area contributed by atoms with Crippen LogP contribution < -0.4 is 5.32 Å². The van der Waals surface area contributed by atoms with E-state index in [1.165, 1.54) is 148 Å². The molecule has 4 N–H and O–H groups in total. The Morgan fingerprint density at radius 1 is 0.500 bits per heavy atom. The number of hydrogen-bond donors (Lipinski definition) is 4. The molecule has 0 saturated heterocycles. The summed E-state index contributed by atoms with van der Waals surface area (Å²) in [5.74, 6) is -0.160. The van der Waals surface area contributed by atoms with E-state index in [2.05, 4.69) is 43.5 Å². The lowest BCUT2D eigenvalue weighted by molar-refractivity contribution is -0.124. The van der Waals surface area contributed by atoms with Gasteiger partial charge in [0.25, 0.3) is 0 Å². The molecule has 0 aromatic rings. The lowest BCUT2D eigenvalue weighted by Crippen LogP contribution is -2.50. The first-order valence-electron chi connectivity index (χ1n) is 21.1. The molecule has 1 amide bonds. The van der Waals surface area contributed by atoms with Crippen LogP contribution >= 0.6 is 0 Å². The zero-order valence-electron chi connectivity index (χ0n) is 32.1. The zero-order chi connectivity index (χ0) is 35.2. The molecular formula is C43H83NO4. The van der Waals surface area contributed by atoms with Gasteiger partial charge in [-0.2, -0.15) is 0 Å². The summed E-state index contributed by atoms with van der Waals surface area (Å²) in [5, 5.41) is 33.4. The highest BCUT2D eigenvalue weighted by Crippen LogP contribution is 2.15. The Bertz CT molecular complexity index is 709. The molecule has 0 saturated carbocycles. The summed E-state index contributed by atoms with van der Waals surface area (Å²) < 4.78 is 0. The van der Waals surface area contributed by atoms with Crippen molar-refractivity contribution < 1.29 is 20.1 Å². The number of nitrogens with one attached hydrogen (secondary N) is 1. The second kappa shape index (κ2) is 38.6. The summed E-state index contributed by atoms with van der Waals surface area (Å²) >= 11 is 0. The summed E-state index contributed by atoms with van der Waals surface area (Å²) in [5.41, 5.74) is 0. The molecule has 0 aliphatic carbocycles. The van der Waals surface area contributed by atoms with Crippen LogP contribution in [0.5, 0.6) is 0 Å². The van der Waals surface area contributed by atoms with Gasteiger partial charge in [-0.25, -0.2) is 0 Å². The van der Waals surface area contributed by atoms with Crippen LogP contribution in [0.25, 0.3) is 0 Å². The topological polar surface area (TPSA) is 89.8 Å². The zero-order valence-corrected chi connectivity index (χ0v) is 32.1. The average Bonchev–Trinajstić information content (AvgIpc) is 3.09. The van der Waals surface area contributed by atoms with E-state index in [0.717, 1.165) is 44.9 Å². The van der Waals surface area contributed by atoms with Crippen molar-refractivity contribution in [3.8, 4) is 0 Å². The summed E-state index contributed by atoms with van der Waals surface area (Å²) in [7, 11) is 0. The maximum Gasteiger partial charge on any atom is 0.220 e. The molecule has 5 nitrogen and oxygen atoms in total. The van der Waals surface area contributed by atoms with Crippen LogP contribution in [0.15, 0.2) is 24.3 Å². The van der Waals surface area contributed by atoms with Gasteiger partial charge in [-0.15, -0.1) is 0 Å². The fraction of sp³-hybridized carbons (Fsp3) is 0.884. The van der Waals surface area contributed by atoms with Gasteiger partial charge in [0, 0.05) is 6.42 Å². The molecule has 0 bridgehead atoms. The lowest BCUT2D eigenvalue weighted by Gasteiger charge is -2.26. The number of hydrogen-bond acceptors (Lipinski definition) is 4.